The number of hydrogen-bond donors (Lipinski definition) is 2. The maximum Gasteiger partial charge on any atom is 0.353 e. The lowest BCUT2D eigenvalue weighted by Crippen LogP contribution is -2.13. The standard InChI is InChI=1S/C6H10N2O5/c9-6(10)5(7-11)3-1-2-4-8(12)13/h11H,1-4H2,(H,9,10). The van der Waals surface area contributed by atoms with E-state index < -0.39 is 10.9 Å². The van der Waals surface area contributed by atoms with Gasteiger partial charge < -0.3 is 10.3 Å². The van der Waals surface area contributed by atoms with Crippen LogP contribution in [0, 0.1) is 10.1 Å². The quantitative estimate of drug-likeness (QED) is 0.206. The van der Waals surface area contributed by atoms with Crippen LogP contribution >= 0.6 is 0 Å². The lowest BCUT2D eigenvalue weighted by atomic mass is 10.2. The summed E-state index contributed by atoms with van der Waals surface area (Å²) < 4.78 is 0. The molecule has 0 aliphatic rings. The average Bonchev–Trinajstić information content (AvgIpc) is 2.03. The molecule has 0 rings (SSSR count). The molecule has 74 valence electrons. The monoisotopic (exact) mass is 190 g/mol. The number of nitrogens with zero attached hydrogens (tertiary/aromatic N) is 2. The number of carbonyl (C=O) groups is 1. The van der Waals surface area contributed by atoms with Crippen LogP contribution in [0.3, 0.4) is 0 Å². The van der Waals surface area contributed by atoms with Gasteiger partial charge in [0.05, 0.1) is 0 Å². The second-order valence-electron chi connectivity index (χ2n) is 2.37. The molecule has 0 radical (unpaired) electrons. The maximum atomic E-state index is 10.2. The van der Waals surface area contributed by atoms with Crippen LogP contribution in [-0.4, -0.2) is 33.5 Å². The molecule has 0 spiro atoms. The Morgan fingerprint density at radius 1 is 1.46 bits per heavy atom. The third kappa shape index (κ3) is 5.59. The van der Waals surface area contributed by atoms with Gasteiger partial charge in [0.2, 0.25) is 6.54 Å². The van der Waals surface area contributed by atoms with Crippen molar-refractivity contribution in [2.24, 2.45) is 5.16 Å². The van der Waals surface area contributed by atoms with Crippen LogP contribution in [0.4, 0.5) is 0 Å². The van der Waals surface area contributed by atoms with Crippen molar-refractivity contribution in [2.45, 2.75) is 19.3 Å². The van der Waals surface area contributed by atoms with Gasteiger partial charge in [0.25, 0.3) is 0 Å². The lowest BCUT2D eigenvalue weighted by molar-refractivity contribution is -0.480. The van der Waals surface area contributed by atoms with E-state index in [2.05, 4.69) is 5.16 Å². The van der Waals surface area contributed by atoms with E-state index in [-0.39, 0.29) is 25.1 Å². The Hall–Kier alpha value is -1.66. The third-order valence-electron chi connectivity index (χ3n) is 1.37. The summed E-state index contributed by atoms with van der Waals surface area (Å²) in [7, 11) is 0. The Labute approximate surface area is 73.8 Å². The zero-order chi connectivity index (χ0) is 10.3. The molecule has 0 heterocycles. The second-order valence-corrected chi connectivity index (χ2v) is 2.37. The van der Waals surface area contributed by atoms with E-state index in [4.69, 9.17) is 10.3 Å². The van der Waals surface area contributed by atoms with Crippen LogP contribution in [0.1, 0.15) is 19.3 Å². The number of oxime groups is 1. The number of hydrogen-bond acceptors (Lipinski definition) is 5. The minimum atomic E-state index is -1.30. The summed E-state index contributed by atoms with van der Waals surface area (Å²) in [6.45, 7) is -0.196. The van der Waals surface area contributed by atoms with E-state index in [0.29, 0.717) is 6.42 Å². The summed E-state index contributed by atoms with van der Waals surface area (Å²) in [4.78, 5) is 19.6. The average molecular weight is 190 g/mol. The normalized spacial score (nSPS) is 11.2. The lowest BCUT2D eigenvalue weighted by Gasteiger charge is -1.96. The highest BCUT2D eigenvalue weighted by Gasteiger charge is 2.09. The van der Waals surface area contributed by atoms with E-state index in [1.165, 1.54) is 0 Å². The van der Waals surface area contributed by atoms with Crippen LogP contribution < -0.4 is 0 Å². The minimum absolute atomic E-state index is 0.0413. The number of rotatable bonds is 6. The highest BCUT2D eigenvalue weighted by Crippen LogP contribution is 1.98. The number of aliphatic carboxylic acids is 1. The van der Waals surface area contributed by atoms with Crippen molar-refractivity contribution in [1.82, 2.24) is 0 Å². The molecule has 13 heavy (non-hydrogen) atoms. The molecule has 0 saturated carbocycles. The molecular weight excluding hydrogens is 180 g/mol. The molecule has 0 amide bonds. The summed E-state index contributed by atoms with van der Waals surface area (Å²) in [6, 6.07) is 0. The van der Waals surface area contributed by atoms with Gasteiger partial charge in [-0.05, 0) is 6.42 Å². The van der Waals surface area contributed by atoms with Crippen molar-refractivity contribution in [1.29, 1.82) is 0 Å². The number of unbranched alkanes of at least 4 members (excludes halogenated alkanes) is 1. The molecule has 0 aromatic rings. The predicted molar refractivity (Wildman–Crippen MR) is 42.6 cm³/mol. The van der Waals surface area contributed by atoms with E-state index in [9.17, 15) is 14.9 Å². The molecular formula is C6H10N2O5. The largest absolute Gasteiger partial charge is 0.477 e. The number of carboxylic acid groups (broad SMARTS) is 1. The van der Waals surface area contributed by atoms with Crippen LogP contribution in [-0.2, 0) is 4.79 Å². The maximum absolute atomic E-state index is 10.2. The summed E-state index contributed by atoms with van der Waals surface area (Å²) >= 11 is 0. The van der Waals surface area contributed by atoms with Gasteiger partial charge in [-0.3, -0.25) is 10.1 Å². The first-order valence-corrected chi connectivity index (χ1v) is 3.64. The van der Waals surface area contributed by atoms with E-state index >= 15 is 0 Å². The van der Waals surface area contributed by atoms with Crippen molar-refractivity contribution in [3.63, 3.8) is 0 Å². The van der Waals surface area contributed by atoms with Crippen molar-refractivity contribution < 1.29 is 20.0 Å². The van der Waals surface area contributed by atoms with E-state index in [0.717, 1.165) is 0 Å². The van der Waals surface area contributed by atoms with Crippen LogP contribution in [0.5, 0.6) is 0 Å². The molecule has 0 aliphatic heterocycles. The van der Waals surface area contributed by atoms with Crippen molar-refractivity contribution in [3.8, 4) is 0 Å². The fourth-order valence-corrected chi connectivity index (χ4v) is 0.733. The van der Waals surface area contributed by atoms with Gasteiger partial charge in [-0.1, -0.05) is 5.16 Å². The first-order chi connectivity index (χ1) is 6.07. The Kier molecular flexibility index (Phi) is 5.17. The van der Waals surface area contributed by atoms with E-state index in [1.807, 2.05) is 0 Å². The van der Waals surface area contributed by atoms with Crippen molar-refractivity contribution in [2.75, 3.05) is 6.54 Å². The highest BCUT2D eigenvalue weighted by atomic mass is 16.6. The molecule has 0 bridgehead atoms. The molecule has 0 unspecified atom stereocenters. The molecule has 0 aliphatic carbocycles. The SMILES string of the molecule is O=C(O)C(CCCC[N+](=O)[O-])=NO. The fourth-order valence-electron chi connectivity index (χ4n) is 0.733. The zero-order valence-electron chi connectivity index (χ0n) is 6.84. The van der Waals surface area contributed by atoms with Crippen LogP contribution in [0.25, 0.3) is 0 Å². The topological polar surface area (TPSA) is 113 Å². The fraction of sp³-hybridized carbons (Fsp3) is 0.667. The molecule has 7 nitrogen and oxygen atoms in total. The van der Waals surface area contributed by atoms with Crippen LogP contribution in [0.15, 0.2) is 5.16 Å². The van der Waals surface area contributed by atoms with Gasteiger partial charge in [0.15, 0.2) is 5.71 Å². The number of nitro groups is 1. The van der Waals surface area contributed by atoms with Gasteiger partial charge >= 0.3 is 5.97 Å². The molecule has 0 atom stereocenters. The first-order valence-electron chi connectivity index (χ1n) is 3.64. The smallest absolute Gasteiger partial charge is 0.353 e. The molecule has 0 fully saturated rings. The van der Waals surface area contributed by atoms with Gasteiger partial charge in [-0.2, -0.15) is 0 Å². The predicted octanol–water partition coefficient (Wildman–Crippen LogP) is 0.348. The Bertz CT molecular complexity index is 225. The number of carboxylic acids is 1. The van der Waals surface area contributed by atoms with E-state index in [1.54, 1.807) is 0 Å². The first kappa shape index (κ1) is 11.3. The van der Waals surface area contributed by atoms with Crippen molar-refractivity contribution >= 4 is 11.7 Å². The second kappa shape index (κ2) is 5.92. The Morgan fingerprint density at radius 3 is 2.46 bits per heavy atom. The summed E-state index contributed by atoms with van der Waals surface area (Å²) in [5.41, 5.74) is -0.372. The van der Waals surface area contributed by atoms with Gasteiger partial charge in [-0.25, -0.2) is 4.79 Å². The van der Waals surface area contributed by atoms with Crippen LogP contribution in [0.2, 0.25) is 0 Å². The van der Waals surface area contributed by atoms with Crippen molar-refractivity contribution in [3.05, 3.63) is 10.1 Å². The minimum Gasteiger partial charge on any atom is -0.477 e. The molecule has 0 aromatic heterocycles. The molecule has 7 heteroatoms. The third-order valence-corrected chi connectivity index (χ3v) is 1.37. The molecule has 2 N–H and O–H groups in total. The Morgan fingerprint density at radius 2 is 2.08 bits per heavy atom. The molecule has 0 saturated heterocycles. The van der Waals surface area contributed by atoms with Gasteiger partial charge in [0.1, 0.15) is 0 Å². The highest BCUT2D eigenvalue weighted by molar-refractivity contribution is 6.35. The summed E-state index contributed by atoms with van der Waals surface area (Å²) in [6.07, 6.45) is 0.644. The Balaban J connectivity index is 3.63. The summed E-state index contributed by atoms with van der Waals surface area (Å²) in [5.74, 6) is -1.30. The zero-order valence-corrected chi connectivity index (χ0v) is 6.84. The summed E-state index contributed by atoms with van der Waals surface area (Å²) in [5, 5.41) is 28.9. The van der Waals surface area contributed by atoms with Gasteiger partial charge in [0, 0.05) is 17.8 Å². The molecule has 0 aromatic carbocycles. The van der Waals surface area contributed by atoms with Gasteiger partial charge in [-0.15, -0.1) is 0 Å².